The summed E-state index contributed by atoms with van der Waals surface area (Å²) in [6.45, 7) is 3.20. The van der Waals surface area contributed by atoms with E-state index in [4.69, 9.17) is 5.73 Å². The Bertz CT molecular complexity index is 1720. The van der Waals surface area contributed by atoms with E-state index >= 15 is 0 Å². The summed E-state index contributed by atoms with van der Waals surface area (Å²) in [5, 5.41) is 14.2. The Morgan fingerprint density at radius 2 is 1.53 bits per heavy atom. The Morgan fingerprint density at radius 3 is 2.16 bits per heavy atom. The highest BCUT2D eigenvalue weighted by Crippen LogP contribution is 2.29. The fraction of sp³-hybridized carbons (Fsp3) is 0.400. The fourth-order valence-corrected chi connectivity index (χ4v) is 7.76. The number of carbonyl (C=O) groups excluding carboxylic acids is 1. The molecule has 1 heterocycles. The van der Waals surface area contributed by atoms with Gasteiger partial charge in [0.05, 0.1) is 21.2 Å². The number of carbonyl (C=O) groups is 2. The molecule has 0 radical (unpaired) electrons. The van der Waals surface area contributed by atoms with Gasteiger partial charge in [-0.05, 0) is 63.4 Å². The second-order valence-corrected chi connectivity index (χ2v) is 13.8. The number of benzene rings is 3. The number of aliphatic carboxylic acids is 1. The Morgan fingerprint density at radius 1 is 0.911 bits per heavy atom. The van der Waals surface area contributed by atoms with Crippen molar-refractivity contribution in [3.05, 3.63) is 83.9 Å². The number of rotatable bonds is 13. The van der Waals surface area contributed by atoms with E-state index in [1.807, 2.05) is 55.5 Å². The number of carboxylic acids is 1. The maximum Gasteiger partial charge on any atom is 0.303 e. The normalized spacial score (nSPS) is 17.0. The van der Waals surface area contributed by atoms with Crippen molar-refractivity contribution >= 4 is 43.7 Å². The molecule has 0 aliphatic heterocycles. The van der Waals surface area contributed by atoms with Crippen LogP contribution in [0.3, 0.4) is 0 Å². The third-order valence-corrected chi connectivity index (χ3v) is 10.6. The predicted octanol–water partition coefficient (Wildman–Crippen LogP) is 4.92. The lowest BCUT2D eigenvalue weighted by molar-refractivity contribution is -0.645. The molecule has 0 spiro atoms. The molecular formula is C35H43N4O5S+. The number of para-hydroxylation sites is 2. The van der Waals surface area contributed by atoms with Gasteiger partial charge >= 0.3 is 5.97 Å². The van der Waals surface area contributed by atoms with Crippen LogP contribution in [0, 0.1) is 6.92 Å². The van der Waals surface area contributed by atoms with E-state index in [0.29, 0.717) is 16.8 Å². The maximum absolute atomic E-state index is 14.5. The number of pyridine rings is 1. The van der Waals surface area contributed by atoms with E-state index in [1.54, 1.807) is 12.1 Å². The summed E-state index contributed by atoms with van der Waals surface area (Å²) in [5.41, 5.74) is 9.15. The number of aryl methyl sites for hydroxylation is 2. The smallest absolute Gasteiger partial charge is 0.303 e. The molecule has 0 unspecified atom stereocenters. The van der Waals surface area contributed by atoms with E-state index in [9.17, 15) is 23.1 Å². The summed E-state index contributed by atoms with van der Waals surface area (Å²) in [6.07, 6.45) is 6.21. The Hall–Kier alpha value is -3.86. The molecule has 1 aliphatic carbocycles. The molecule has 2 atom stereocenters. The van der Waals surface area contributed by atoms with Gasteiger partial charge in [-0.2, -0.15) is 4.57 Å². The van der Waals surface area contributed by atoms with Crippen LogP contribution in [0.4, 0.5) is 0 Å². The fourth-order valence-electron chi connectivity index (χ4n) is 6.35. The van der Waals surface area contributed by atoms with E-state index in [-0.39, 0.29) is 35.9 Å². The topological polar surface area (TPSA) is 134 Å². The first-order valence-corrected chi connectivity index (χ1v) is 17.3. The molecule has 1 aliphatic rings. The molecule has 4 N–H and O–H groups in total. The van der Waals surface area contributed by atoms with Crippen LogP contribution in [-0.4, -0.2) is 54.9 Å². The first-order chi connectivity index (χ1) is 21.7. The molecule has 45 heavy (non-hydrogen) atoms. The summed E-state index contributed by atoms with van der Waals surface area (Å²) in [7, 11) is -4.28. The number of fused-ring (bicyclic) bond motifs is 2. The lowest BCUT2D eigenvalue weighted by atomic mass is 9.91. The van der Waals surface area contributed by atoms with Crippen LogP contribution in [-0.2, 0) is 21.4 Å². The van der Waals surface area contributed by atoms with Crippen molar-refractivity contribution in [1.82, 2.24) is 9.62 Å². The highest BCUT2D eigenvalue weighted by atomic mass is 32.2. The van der Waals surface area contributed by atoms with E-state index in [2.05, 4.69) is 9.88 Å². The average Bonchev–Trinajstić information content (AvgIpc) is 3.03. The average molecular weight is 632 g/mol. The van der Waals surface area contributed by atoms with Crippen molar-refractivity contribution in [2.24, 2.45) is 5.73 Å². The van der Waals surface area contributed by atoms with Gasteiger partial charge in [-0.3, -0.25) is 9.59 Å². The molecular weight excluding hydrogens is 588 g/mol. The molecule has 9 nitrogen and oxygen atoms in total. The van der Waals surface area contributed by atoms with Crippen LogP contribution in [0.15, 0.2) is 77.7 Å². The molecule has 1 fully saturated rings. The third-order valence-electron chi connectivity index (χ3n) is 8.76. The van der Waals surface area contributed by atoms with E-state index < -0.39 is 21.9 Å². The van der Waals surface area contributed by atoms with Crippen molar-refractivity contribution in [1.29, 1.82) is 0 Å². The van der Waals surface area contributed by atoms with Gasteiger partial charge in [0.25, 0.3) is 15.9 Å². The molecule has 4 aromatic rings. The lowest BCUT2D eigenvalue weighted by Gasteiger charge is -2.29. The van der Waals surface area contributed by atoms with Crippen LogP contribution in [0.5, 0.6) is 0 Å². The number of nitrogens with zero attached hydrogens (tertiary/aromatic N) is 2. The summed E-state index contributed by atoms with van der Waals surface area (Å²) in [5.74, 6) is -1.72. The van der Waals surface area contributed by atoms with Gasteiger partial charge in [0.2, 0.25) is 11.0 Å². The van der Waals surface area contributed by atoms with Gasteiger partial charge in [-0.15, -0.1) is 0 Å². The summed E-state index contributed by atoms with van der Waals surface area (Å²) < 4.78 is 31.0. The van der Waals surface area contributed by atoms with Crippen LogP contribution >= 0.6 is 0 Å². The minimum absolute atomic E-state index is 0.00530. The molecule has 10 heteroatoms. The Balaban J connectivity index is 1.50. The van der Waals surface area contributed by atoms with Gasteiger partial charge in [0.15, 0.2) is 0 Å². The zero-order chi connectivity index (χ0) is 32.0. The van der Waals surface area contributed by atoms with Gasteiger partial charge in [-0.1, -0.05) is 54.8 Å². The predicted molar refractivity (Wildman–Crippen MR) is 175 cm³/mol. The minimum atomic E-state index is -4.28. The van der Waals surface area contributed by atoms with Crippen molar-refractivity contribution < 1.29 is 27.7 Å². The molecule has 238 valence electrons. The highest BCUT2D eigenvalue weighted by Gasteiger charge is 2.34. The number of unbranched alkanes of at least 4 members (excludes halogenated alkanes) is 1. The number of aromatic nitrogens is 1. The number of hydrogen-bond acceptors (Lipinski definition) is 6. The number of nitrogens with two attached hydrogens (primary N) is 1. The standard InChI is InChI=1S/C35H42N4O5S/c1-25-18-20-26(21-19-25)45(43,44)39(24-10-17-33(40)41)35(42)34-27-11-2-6-15-31(27)38(32-16-7-3-12-28(32)34)23-9-8-22-37-30-14-5-4-13-29(30)36/h2-3,6-7,11-12,15-16,18-21,29-30,37H,4-5,8-10,13-14,17,22-24,36H2,1H3/p+1/t29-,30-/m0/s1. The molecule has 0 saturated heterocycles. The van der Waals surface area contributed by atoms with Crippen molar-refractivity contribution in [2.45, 2.75) is 81.8 Å². The zero-order valence-electron chi connectivity index (χ0n) is 25.8. The molecule has 1 aromatic heterocycles. The second-order valence-electron chi connectivity index (χ2n) is 12.0. The summed E-state index contributed by atoms with van der Waals surface area (Å²) >= 11 is 0. The third kappa shape index (κ3) is 7.35. The monoisotopic (exact) mass is 631 g/mol. The first kappa shape index (κ1) is 32.5. The molecule has 1 saturated carbocycles. The number of nitrogens with one attached hydrogen (secondary N) is 1. The Labute approximate surface area is 265 Å². The number of amides is 1. The Kier molecular flexibility index (Phi) is 10.5. The maximum atomic E-state index is 14.5. The number of carboxylic acid groups (broad SMARTS) is 1. The van der Waals surface area contributed by atoms with Crippen molar-refractivity contribution in [3.63, 3.8) is 0 Å². The van der Waals surface area contributed by atoms with Gasteiger partial charge in [0, 0.05) is 43.6 Å². The minimum Gasteiger partial charge on any atom is -0.481 e. The van der Waals surface area contributed by atoms with E-state index in [0.717, 1.165) is 59.7 Å². The molecule has 5 rings (SSSR count). The zero-order valence-corrected chi connectivity index (χ0v) is 26.6. The highest BCUT2D eigenvalue weighted by molar-refractivity contribution is 7.89. The van der Waals surface area contributed by atoms with Gasteiger partial charge in [0.1, 0.15) is 6.54 Å². The van der Waals surface area contributed by atoms with Gasteiger partial charge < -0.3 is 16.2 Å². The van der Waals surface area contributed by atoms with Crippen LogP contribution < -0.4 is 15.6 Å². The molecule has 0 bridgehead atoms. The lowest BCUT2D eigenvalue weighted by Crippen LogP contribution is -2.47. The largest absolute Gasteiger partial charge is 0.481 e. The van der Waals surface area contributed by atoms with Crippen molar-refractivity contribution in [2.75, 3.05) is 13.1 Å². The number of sulfonamides is 1. The number of hydrogen-bond donors (Lipinski definition) is 3. The summed E-state index contributed by atoms with van der Waals surface area (Å²) in [4.78, 5) is 25.8. The molecule has 3 aromatic carbocycles. The SMILES string of the molecule is Cc1ccc(S(=O)(=O)N(CCCC(=O)O)C(=O)c2c3ccccc3[n+](CCCCN[C@H]3CCCC[C@@H]3N)c3ccccc23)cc1. The quantitative estimate of drug-likeness (QED) is 0.108. The van der Waals surface area contributed by atoms with E-state index in [1.165, 1.54) is 25.0 Å². The van der Waals surface area contributed by atoms with Gasteiger partial charge in [-0.25, -0.2) is 12.7 Å². The van der Waals surface area contributed by atoms with Crippen LogP contribution in [0.25, 0.3) is 21.8 Å². The van der Waals surface area contributed by atoms with Crippen molar-refractivity contribution in [3.8, 4) is 0 Å². The van der Waals surface area contributed by atoms with Crippen LogP contribution in [0.1, 0.15) is 67.3 Å². The van der Waals surface area contributed by atoms with Crippen LogP contribution in [0.2, 0.25) is 0 Å². The second kappa shape index (κ2) is 14.5. The molecule has 1 amide bonds. The first-order valence-electron chi connectivity index (χ1n) is 15.9. The summed E-state index contributed by atoms with van der Waals surface area (Å²) in [6, 6.07) is 22.1.